The summed E-state index contributed by atoms with van der Waals surface area (Å²) in [7, 11) is 0. The van der Waals surface area contributed by atoms with Crippen molar-refractivity contribution in [3.63, 3.8) is 0 Å². The second-order valence-corrected chi connectivity index (χ2v) is 3.57. The van der Waals surface area contributed by atoms with E-state index in [0.717, 1.165) is 22.2 Å². The molecule has 0 unspecified atom stereocenters. The number of aromatic amines is 1. The summed E-state index contributed by atoms with van der Waals surface area (Å²) in [6, 6.07) is 8.06. The highest BCUT2D eigenvalue weighted by Gasteiger charge is 2.09. The van der Waals surface area contributed by atoms with Crippen LogP contribution in [0.15, 0.2) is 43.0 Å². The van der Waals surface area contributed by atoms with Crippen LogP contribution in [-0.4, -0.2) is 15.0 Å². The van der Waals surface area contributed by atoms with E-state index in [1.54, 1.807) is 6.20 Å². The van der Waals surface area contributed by atoms with Gasteiger partial charge < -0.3 is 10.7 Å². The average Bonchev–Trinajstić information content (AvgIpc) is 2.74. The molecule has 0 aliphatic heterocycles. The quantitative estimate of drug-likeness (QED) is 0.647. The fourth-order valence-corrected chi connectivity index (χ4v) is 1.83. The van der Waals surface area contributed by atoms with E-state index in [-0.39, 0.29) is 0 Å². The van der Waals surface area contributed by atoms with Crippen molar-refractivity contribution in [2.24, 2.45) is 0 Å². The van der Waals surface area contributed by atoms with Gasteiger partial charge in [-0.1, -0.05) is 18.2 Å². The first kappa shape index (κ1) is 8.91. The van der Waals surface area contributed by atoms with Crippen LogP contribution in [0, 0.1) is 0 Å². The monoisotopic (exact) mass is 210 g/mol. The Hall–Kier alpha value is -2.36. The number of H-pyrrole nitrogens is 1. The fraction of sp³-hybridized carbons (Fsp3) is 0. The van der Waals surface area contributed by atoms with E-state index in [1.165, 1.54) is 6.33 Å². The van der Waals surface area contributed by atoms with Crippen molar-refractivity contribution in [3.05, 3.63) is 43.0 Å². The van der Waals surface area contributed by atoms with Crippen molar-refractivity contribution in [2.45, 2.75) is 0 Å². The van der Waals surface area contributed by atoms with E-state index < -0.39 is 0 Å². The molecule has 0 atom stereocenters. The van der Waals surface area contributed by atoms with E-state index in [4.69, 9.17) is 5.73 Å². The predicted octanol–water partition coefficient (Wildman–Crippen LogP) is 2.21. The van der Waals surface area contributed by atoms with Gasteiger partial charge in [0.2, 0.25) is 0 Å². The molecule has 3 rings (SSSR count). The topological polar surface area (TPSA) is 67.6 Å². The fourth-order valence-electron chi connectivity index (χ4n) is 1.83. The standard InChI is InChI=1S/C12H10N4/c13-10-6-14-7-16-12(10)9-5-15-11-4-2-1-3-8(9)11/h1-7,15H,13H2. The number of benzene rings is 1. The van der Waals surface area contributed by atoms with Crippen molar-refractivity contribution >= 4 is 16.6 Å². The minimum absolute atomic E-state index is 0.590. The molecule has 4 nitrogen and oxygen atoms in total. The van der Waals surface area contributed by atoms with Gasteiger partial charge >= 0.3 is 0 Å². The Kier molecular flexibility index (Phi) is 1.86. The van der Waals surface area contributed by atoms with Crippen molar-refractivity contribution in [1.82, 2.24) is 15.0 Å². The zero-order valence-electron chi connectivity index (χ0n) is 8.51. The summed E-state index contributed by atoms with van der Waals surface area (Å²) in [5.74, 6) is 0. The number of para-hydroxylation sites is 1. The molecule has 3 N–H and O–H groups in total. The van der Waals surface area contributed by atoms with Gasteiger partial charge in [-0.3, -0.25) is 0 Å². The molecule has 0 saturated heterocycles. The first-order valence-corrected chi connectivity index (χ1v) is 4.98. The number of aromatic nitrogens is 3. The van der Waals surface area contributed by atoms with Crippen molar-refractivity contribution in [2.75, 3.05) is 5.73 Å². The highest BCUT2D eigenvalue weighted by molar-refractivity contribution is 5.96. The Morgan fingerprint density at radius 1 is 1.19 bits per heavy atom. The lowest BCUT2D eigenvalue weighted by Gasteiger charge is -2.01. The number of nitrogens with zero attached hydrogens (tertiary/aromatic N) is 2. The van der Waals surface area contributed by atoms with Gasteiger partial charge in [0.15, 0.2) is 0 Å². The number of fused-ring (bicyclic) bond motifs is 1. The molecule has 3 aromatic rings. The summed E-state index contributed by atoms with van der Waals surface area (Å²) in [6.07, 6.45) is 5.04. The first-order chi connectivity index (χ1) is 7.86. The zero-order chi connectivity index (χ0) is 11.0. The number of nitrogens with two attached hydrogens (primary N) is 1. The maximum Gasteiger partial charge on any atom is 0.116 e. The molecule has 0 aliphatic rings. The second-order valence-electron chi connectivity index (χ2n) is 3.57. The van der Waals surface area contributed by atoms with E-state index in [0.29, 0.717) is 5.69 Å². The summed E-state index contributed by atoms with van der Waals surface area (Å²) >= 11 is 0. The molecule has 0 saturated carbocycles. The Morgan fingerprint density at radius 2 is 2.06 bits per heavy atom. The maximum absolute atomic E-state index is 5.86. The van der Waals surface area contributed by atoms with Gasteiger partial charge in [0.1, 0.15) is 6.33 Å². The third kappa shape index (κ3) is 1.24. The minimum atomic E-state index is 0.590. The molecule has 0 aliphatic carbocycles. The molecule has 0 amide bonds. The van der Waals surface area contributed by atoms with E-state index in [2.05, 4.69) is 15.0 Å². The Bertz CT molecular complexity index is 642. The molecule has 0 fully saturated rings. The van der Waals surface area contributed by atoms with Gasteiger partial charge in [0.25, 0.3) is 0 Å². The molecule has 78 valence electrons. The van der Waals surface area contributed by atoms with Crippen LogP contribution in [0.4, 0.5) is 5.69 Å². The van der Waals surface area contributed by atoms with Crippen LogP contribution in [0.1, 0.15) is 0 Å². The summed E-state index contributed by atoms with van der Waals surface area (Å²) in [5, 5.41) is 1.12. The van der Waals surface area contributed by atoms with Crippen LogP contribution >= 0.6 is 0 Å². The summed E-state index contributed by atoms with van der Waals surface area (Å²) in [4.78, 5) is 11.3. The second kappa shape index (κ2) is 3.34. The number of anilines is 1. The molecule has 2 heterocycles. The third-order valence-corrected chi connectivity index (χ3v) is 2.58. The Balaban J connectivity index is 2.31. The molecule has 4 heteroatoms. The Morgan fingerprint density at radius 3 is 2.94 bits per heavy atom. The molecule has 0 bridgehead atoms. The largest absolute Gasteiger partial charge is 0.396 e. The number of rotatable bonds is 1. The normalized spacial score (nSPS) is 10.8. The van der Waals surface area contributed by atoms with Crippen LogP contribution in [0.2, 0.25) is 0 Å². The SMILES string of the molecule is Nc1cncnc1-c1c[nH]c2ccccc12. The Labute approximate surface area is 92.2 Å². The lowest BCUT2D eigenvalue weighted by Crippen LogP contribution is -1.93. The number of nitrogen functional groups attached to an aromatic ring is 1. The average molecular weight is 210 g/mol. The molecular formula is C12H10N4. The van der Waals surface area contributed by atoms with E-state index in [9.17, 15) is 0 Å². The van der Waals surface area contributed by atoms with Crippen molar-refractivity contribution in [3.8, 4) is 11.3 Å². The van der Waals surface area contributed by atoms with Gasteiger partial charge in [0.05, 0.1) is 17.6 Å². The maximum atomic E-state index is 5.86. The van der Waals surface area contributed by atoms with Gasteiger partial charge in [-0.15, -0.1) is 0 Å². The number of hydrogen-bond donors (Lipinski definition) is 2. The van der Waals surface area contributed by atoms with E-state index >= 15 is 0 Å². The van der Waals surface area contributed by atoms with E-state index in [1.807, 2.05) is 30.5 Å². The van der Waals surface area contributed by atoms with Crippen LogP contribution < -0.4 is 5.73 Å². The highest BCUT2D eigenvalue weighted by atomic mass is 14.9. The van der Waals surface area contributed by atoms with Gasteiger partial charge in [-0.05, 0) is 6.07 Å². The first-order valence-electron chi connectivity index (χ1n) is 4.98. The van der Waals surface area contributed by atoms with Gasteiger partial charge in [0, 0.05) is 22.7 Å². The molecule has 2 aromatic heterocycles. The smallest absolute Gasteiger partial charge is 0.116 e. The minimum Gasteiger partial charge on any atom is -0.396 e. The lowest BCUT2D eigenvalue weighted by molar-refractivity contribution is 1.18. The predicted molar refractivity (Wildman–Crippen MR) is 63.7 cm³/mol. The summed E-state index contributed by atoms with van der Waals surface area (Å²) in [6.45, 7) is 0. The molecular weight excluding hydrogens is 200 g/mol. The van der Waals surface area contributed by atoms with Crippen LogP contribution in [0.5, 0.6) is 0 Å². The summed E-state index contributed by atoms with van der Waals surface area (Å²) in [5.41, 5.74) is 9.31. The summed E-state index contributed by atoms with van der Waals surface area (Å²) < 4.78 is 0. The molecule has 0 spiro atoms. The van der Waals surface area contributed by atoms with Crippen molar-refractivity contribution in [1.29, 1.82) is 0 Å². The van der Waals surface area contributed by atoms with Gasteiger partial charge in [-0.25, -0.2) is 9.97 Å². The van der Waals surface area contributed by atoms with Crippen LogP contribution in [0.3, 0.4) is 0 Å². The number of nitrogens with one attached hydrogen (secondary N) is 1. The van der Waals surface area contributed by atoms with Gasteiger partial charge in [-0.2, -0.15) is 0 Å². The van der Waals surface area contributed by atoms with Crippen LogP contribution in [-0.2, 0) is 0 Å². The molecule has 1 aromatic carbocycles. The highest BCUT2D eigenvalue weighted by Crippen LogP contribution is 2.29. The number of hydrogen-bond acceptors (Lipinski definition) is 3. The van der Waals surface area contributed by atoms with Crippen molar-refractivity contribution < 1.29 is 0 Å². The third-order valence-electron chi connectivity index (χ3n) is 2.58. The van der Waals surface area contributed by atoms with Crippen LogP contribution in [0.25, 0.3) is 22.2 Å². The molecule has 0 radical (unpaired) electrons. The zero-order valence-corrected chi connectivity index (χ0v) is 8.51. The molecule has 16 heavy (non-hydrogen) atoms. The lowest BCUT2D eigenvalue weighted by atomic mass is 10.1.